The van der Waals surface area contributed by atoms with Gasteiger partial charge in [0.05, 0.1) is 12.0 Å². The summed E-state index contributed by atoms with van der Waals surface area (Å²) in [5.74, 6) is -2.53. The van der Waals surface area contributed by atoms with E-state index in [1.54, 1.807) is 6.92 Å². The summed E-state index contributed by atoms with van der Waals surface area (Å²) in [4.78, 5) is 21.2. The van der Waals surface area contributed by atoms with Crippen molar-refractivity contribution in [1.29, 1.82) is 0 Å². The van der Waals surface area contributed by atoms with Crippen LogP contribution < -0.4 is 0 Å². The minimum absolute atomic E-state index is 0.171. The highest BCUT2D eigenvalue weighted by atomic mass is 16.4. The van der Waals surface area contributed by atoms with E-state index in [0.29, 0.717) is 0 Å². The number of rotatable bonds is 2. The lowest BCUT2D eigenvalue weighted by molar-refractivity contribution is -0.151. The van der Waals surface area contributed by atoms with Crippen molar-refractivity contribution < 1.29 is 20.1 Å². The van der Waals surface area contributed by atoms with E-state index in [-0.39, 0.29) is 12.3 Å². The van der Waals surface area contributed by atoms with Crippen LogP contribution in [0.1, 0.15) is 13.3 Å². The Labute approximate surface area is 80.5 Å². The Hall–Kier alpha value is -1.01. The number of aliphatic carboxylic acids is 1. The van der Waals surface area contributed by atoms with Gasteiger partial charge in [-0.05, 0) is 12.3 Å². The summed E-state index contributed by atoms with van der Waals surface area (Å²) < 4.78 is 0. The minimum atomic E-state index is -1.37. The van der Waals surface area contributed by atoms with E-state index in [1.807, 2.05) is 0 Å². The summed E-state index contributed by atoms with van der Waals surface area (Å²) in [6.45, 7) is 1.62. The van der Waals surface area contributed by atoms with E-state index in [0.717, 1.165) is 0 Å². The predicted octanol–water partition coefficient (Wildman–Crippen LogP) is -0.416. The van der Waals surface area contributed by atoms with Crippen LogP contribution in [0, 0.1) is 16.7 Å². The van der Waals surface area contributed by atoms with Crippen LogP contribution in [-0.4, -0.2) is 39.5 Å². The quantitative estimate of drug-likeness (QED) is 0.528. The van der Waals surface area contributed by atoms with Gasteiger partial charge in [-0.3, -0.25) is 4.79 Å². The molecule has 1 fully saturated rings. The van der Waals surface area contributed by atoms with Crippen LogP contribution >= 0.6 is 0 Å². The number of nitrogens with zero attached hydrogens (tertiary/aromatic N) is 1. The van der Waals surface area contributed by atoms with E-state index >= 15 is 0 Å². The number of nitroso groups, excluding NO2 is 1. The number of hydrogen-bond acceptors (Lipinski definition) is 5. The lowest BCUT2D eigenvalue weighted by Crippen LogP contribution is -2.51. The molecule has 6 nitrogen and oxygen atoms in total. The molecular weight excluding hydrogens is 190 g/mol. The molecule has 0 spiro atoms. The summed E-state index contributed by atoms with van der Waals surface area (Å²) in [6, 6.07) is -1.26. The summed E-state index contributed by atoms with van der Waals surface area (Å²) in [5, 5.41) is 30.1. The van der Waals surface area contributed by atoms with Gasteiger partial charge in [0.2, 0.25) is 0 Å². The van der Waals surface area contributed by atoms with Gasteiger partial charge in [-0.25, -0.2) is 0 Å². The Morgan fingerprint density at radius 3 is 2.43 bits per heavy atom. The van der Waals surface area contributed by atoms with Gasteiger partial charge in [0.1, 0.15) is 12.1 Å². The first-order valence-electron chi connectivity index (χ1n) is 4.40. The molecule has 0 heterocycles. The molecule has 3 N–H and O–H groups in total. The fourth-order valence-corrected chi connectivity index (χ4v) is 1.96. The number of carboxylic acid groups (broad SMARTS) is 1. The largest absolute Gasteiger partial charge is 0.481 e. The van der Waals surface area contributed by atoms with Crippen LogP contribution in [0.5, 0.6) is 0 Å². The molecule has 0 aromatic rings. The molecule has 0 aromatic heterocycles. The third-order valence-electron chi connectivity index (χ3n) is 2.75. The molecule has 0 amide bonds. The highest BCUT2D eigenvalue weighted by Gasteiger charge is 2.46. The Morgan fingerprint density at radius 1 is 1.43 bits per heavy atom. The molecular formula is C8H13NO5. The van der Waals surface area contributed by atoms with Gasteiger partial charge in [-0.2, -0.15) is 4.91 Å². The molecule has 0 radical (unpaired) electrons. The summed E-state index contributed by atoms with van der Waals surface area (Å²) in [6.07, 6.45) is -2.27. The van der Waals surface area contributed by atoms with Gasteiger partial charge >= 0.3 is 5.97 Å². The van der Waals surface area contributed by atoms with Gasteiger partial charge in [0.25, 0.3) is 0 Å². The first-order chi connectivity index (χ1) is 6.49. The molecule has 0 bridgehead atoms. The van der Waals surface area contributed by atoms with Gasteiger partial charge in [-0.1, -0.05) is 12.1 Å². The third-order valence-corrected chi connectivity index (χ3v) is 2.75. The zero-order valence-electron chi connectivity index (χ0n) is 7.70. The smallest absolute Gasteiger partial charge is 0.309 e. The van der Waals surface area contributed by atoms with Crippen molar-refractivity contribution in [3.63, 3.8) is 0 Å². The molecule has 14 heavy (non-hydrogen) atoms. The van der Waals surface area contributed by atoms with Crippen molar-refractivity contribution in [3.05, 3.63) is 4.91 Å². The van der Waals surface area contributed by atoms with Crippen molar-refractivity contribution >= 4 is 5.97 Å². The molecule has 0 saturated heterocycles. The van der Waals surface area contributed by atoms with Crippen molar-refractivity contribution in [2.24, 2.45) is 17.0 Å². The highest BCUT2D eigenvalue weighted by molar-refractivity contribution is 5.71. The van der Waals surface area contributed by atoms with Gasteiger partial charge in [0.15, 0.2) is 0 Å². The van der Waals surface area contributed by atoms with Crippen LogP contribution in [0.4, 0.5) is 0 Å². The normalized spacial score (nSPS) is 43.2. The zero-order chi connectivity index (χ0) is 10.9. The number of aliphatic hydroxyl groups excluding tert-OH is 2. The average Bonchev–Trinajstić information content (AvgIpc) is 2.09. The molecule has 1 rings (SSSR count). The van der Waals surface area contributed by atoms with E-state index in [4.69, 9.17) is 5.11 Å². The Balaban J connectivity index is 2.91. The van der Waals surface area contributed by atoms with Gasteiger partial charge in [-0.15, -0.1) is 0 Å². The first-order valence-corrected chi connectivity index (χ1v) is 4.40. The van der Waals surface area contributed by atoms with Crippen LogP contribution in [0.15, 0.2) is 5.18 Å². The summed E-state index contributed by atoms with van der Waals surface area (Å²) in [5.41, 5.74) is 0. The number of hydrogen-bond donors (Lipinski definition) is 3. The monoisotopic (exact) mass is 203 g/mol. The van der Waals surface area contributed by atoms with E-state index in [1.165, 1.54) is 0 Å². The molecule has 1 saturated carbocycles. The second-order valence-electron chi connectivity index (χ2n) is 3.73. The van der Waals surface area contributed by atoms with Crippen molar-refractivity contribution in [2.45, 2.75) is 31.6 Å². The zero-order valence-corrected chi connectivity index (χ0v) is 7.70. The van der Waals surface area contributed by atoms with Crippen LogP contribution in [-0.2, 0) is 4.79 Å². The minimum Gasteiger partial charge on any atom is -0.481 e. The van der Waals surface area contributed by atoms with Crippen molar-refractivity contribution in [2.75, 3.05) is 0 Å². The predicted molar refractivity (Wildman–Crippen MR) is 46.5 cm³/mol. The van der Waals surface area contributed by atoms with Gasteiger partial charge < -0.3 is 15.3 Å². The Morgan fingerprint density at radius 2 is 2.00 bits per heavy atom. The van der Waals surface area contributed by atoms with E-state index in [9.17, 15) is 19.9 Å². The Bertz CT molecular complexity index is 244. The van der Waals surface area contributed by atoms with Crippen molar-refractivity contribution in [1.82, 2.24) is 0 Å². The SMILES string of the molecule is CC1CC(O)C(O)C(N=O)C1C(=O)O. The maximum absolute atomic E-state index is 10.8. The van der Waals surface area contributed by atoms with Crippen LogP contribution in [0.25, 0.3) is 0 Å². The summed E-state index contributed by atoms with van der Waals surface area (Å²) in [7, 11) is 0. The van der Waals surface area contributed by atoms with E-state index < -0.39 is 30.1 Å². The maximum Gasteiger partial charge on any atom is 0.309 e. The number of aliphatic hydroxyl groups is 2. The lowest BCUT2D eigenvalue weighted by Gasteiger charge is -2.36. The van der Waals surface area contributed by atoms with Gasteiger partial charge in [0, 0.05) is 0 Å². The molecule has 6 heteroatoms. The number of carbonyl (C=O) groups is 1. The fraction of sp³-hybridized carbons (Fsp3) is 0.875. The molecule has 80 valence electrons. The molecule has 1 aliphatic carbocycles. The van der Waals surface area contributed by atoms with Crippen LogP contribution in [0.3, 0.4) is 0 Å². The maximum atomic E-state index is 10.8. The Kier molecular flexibility index (Phi) is 3.17. The molecule has 0 aliphatic heterocycles. The average molecular weight is 203 g/mol. The number of carboxylic acids is 1. The lowest BCUT2D eigenvalue weighted by atomic mass is 9.74. The molecule has 5 atom stereocenters. The fourth-order valence-electron chi connectivity index (χ4n) is 1.96. The first kappa shape index (κ1) is 11.1. The van der Waals surface area contributed by atoms with E-state index in [2.05, 4.69) is 5.18 Å². The third kappa shape index (κ3) is 1.76. The summed E-state index contributed by atoms with van der Waals surface area (Å²) >= 11 is 0. The second-order valence-corrected chi connectivity index (χ2v) is 3.73. The van der Waals surface area contributed by atoms with Crippen molar-refractivity contribution in [3.8, 4) is 0 Å². The molecule has 0 aromatic carbocycles. The second kappa shape index (κ2) is 4.02. The molecule has 5 unspecified atom stereocenters. The molecule has 1 aliphatic rings. The topological polar surface area (TPSA) is 107 Å². The highest BCUT2D eigenvalue weighted by Crippen LogP contribution is 2.32. The standard InChI is InChI=1S/C8H13NO5/c1-3-2-4(10)7(11)6(9-14)5(3)8(12)13/h3-7,10-11H,2H2,1H3,(H,12,13). The van der Waals surface area contributed by atoms with Crippen LogP contribution in [0.2, 0.25) is 0 Å².